The Balaban J connectivity index is 2.67. The molecule has 0 heterocycles. The Morgan fingerprint density at radius 2 is 2.15 bits per heavy atom. The smallest absolute Gasteiger partial charge is 0.0637 e. The molecule has 0 aliphatic rings. The van der Waals surface area contributed by atoms with E-state index in [0.29, 0.717) is 12.6 Å². The second-order valence-electron chi connectivity index (χ2n) is 2.97. The summed E-state index contributed by atoms with van der Waals surface area (Å²) in [5, 5.41) is 4.03. The van der Waals surface area contributed by atoms with Gasteiger partial charge in [0.25, 0.3) is 0 Å². The molecule has 13 heavy (non-hydrogen) atoms. The maximum absolute atomic E-state index is 5.98. The molecule has 0 amide bonds. The number of halogens is 1. The normalized spacial score (nSPS) is 12.5. The first kappa shape index (κ1) is 10.4. The van der Waals surface area contributed by atoms with Crippen LogP contribution in [0.1, 0.15) is 13.3 Å². The first-order chi connectivity index (χ1) is 6.27. The summed E-state index contributed by atoms with van der Waals surface area (Å²) in [6.07, 6.45) is 1.00. The molecule has 3 N–H and O–H groups in total. The maximum Gasteiger partial charge on any atom is 0.0637 e. The van der Waals surface area contributed by atoms with Gasteiger partial charge in [0.1, 0.15) is 0 Å². The fourth-order valence-electron chi connectivity index (χ4n) is 1.13. The van der Waals surface area contributed by atoms with Crippen molar-refractivity contribution in [2.45, 2.75) is 19.4 Å². The lowest BCUT2D eigenvalue weighted by atomic mass is 10.2. The van der Waals surface area contributed by atoms with E-state index < -0.39 is 0 Å². The quantitative estimate of drug-likeness (QED) is 0.780. The molecule has 0 radical (unpaired) electrons. The van der Waals surface area contributed by atoms with Crippen molar-refractivity contribution in [1.29, 1.82) is 0 Å². The second kappa shape index (κ2) is 5.10. The van der Waals surface area contributed by atoms with Gasteiger partial charge in [-0.3, -0.25) is 0 Å². The van der Waals surface area contributed by atoms with Crippen LogP contribution in [0, 0.1) is 0 Å². The van der Waals surface area contributed by atoms with E-state index in [4.69, 9.17) is 17.3 Å². The highest BCUT2D eigenvalue weighted by atomic mass is 35.5. The summed E-state index contributed by atoms with van der Waals surface area (Å²) in [5.74, 6) is 0. The summed E-state index contributed by atoms with van der Waals surface area (Å²) in [7, 11) is 0. The highest BCUT2D eigenvalue weighted by molar-refractivity contribution is 6.33. The van der Waals surface area contributed by atoms with E-state index in [1.807, 2.05) is 24.3 Å². The summed E-state index contributed by atoms with van der Waals surface area (Å²) in [6, 6.07) is 8.00. The first-order valence-corrected chi connectivity index (χ1v) is 4.86. The molecule has 0 aliphatic heterocycles. The van der Waals surface area contributed by atoms with Gasteiger partial charge in [0.15, 0.2) is 0 Å². The molecule has 72 valence electrons. The third-order valence-electron chi connectivity index (χ3n) is 2.01. The predicted octanol–water partition coefficient (Wildman–Crippen LogP) is 2.49. The Bertz CT molecular complexity index is 259. The van der Waals surface area contributed by atoms with Gasteiger partial charge >= 0.3 is 0 Å². The molecule has 2 nitrogen and oxygen atoms in total. The van der Waals surface area contributed by atoms with Gasteiger partial charge in [-0.2, -0.15) is 0 Å². The Labute approximate surface area is 84.1 Å². The number of hydrogen-bond acceptors (Lipinski definition) is 2. The van der Waals surface area contributed by atoms with Crippen LogP contribution in [0.3, 0.4) is 0 Å². The molecule has 1 aromatic rings. The zero-order chi connectivity index (χ0) is 9.68. The molecule has 0 spiro atoms. The van der Waals surface area contributed by atoms with Gasteiger partial charge in [0, 0.05) is 12.6 Å². The van der Waals surface area contributed by atoms with Crippen molar-refractivity contribution >= 4 is 17.3 Å². The van der Waals surface area contributed by atoms with Crippen LogP contribution in [-0.4, -0.2) is 12.6 Å². The third kappa shape index (κ3) is 2.90. The first-order valence-electron chi connectivity index (χ1n) is 4.49. The van der Waals surface area contributed by atoms with Gasteiger partial charge in [-0.05, 0) is 18.6 Å². The Hall–Kier alpha value is -0.730. The number of nitrogens with one attached hydrogen (secondary N) is 1. The lowest BCUT2D eigenvalue weighted by Gasteiger charge is -2.16. The van der Waals surface area contributed by atoms with E-state index in [2.05, 4.69) is 12.2 Å². The number of nitrogens with two attached hydrogens (primary N) is 1. The molecule has 1 atom stereocenters. The average Bonchev–Trinajstić information content (AvgIpc) is 2.17. The molecule has 1 rings (SSSR count). The van der Waals surface area contributed by atoms with Gasteiger partial charge in [0.05, 0.1) is 10.7 Å². The minimum Gasteiger partial charge on any atom is -0.380 e. The summed E-state index contributed by atoms with van der Waals surface area (Å²) in [4.78, 5) is 0. The standard InChI is InChI=1S/C10H15ClN2/c1-2-8(7-12)13-10-6-4-3-5-9(10)11/h3-6,8,13H,2,7,12H2,1H3. The Morgan fingerprint density at radius 3 is 2.69 bits per heavy atom. The minimum absolute atomic E-state index is 0.305. The molecule has 0 saturated carbocycles. The topological polar surface area (TPSA) is 38.0 Å². The third-order valence-corrected chi connectivity index (χ3v) is 2.34. The van der Waals surface area contributed by atoms with Crippen LogP contribution in [-0.2, 0) is 0 Å². The van der Waals surface area contributed by atoms with E-state index in [9.17, 15) is 0 Å². The molecule has 3 heteroatoms. The van der Waals surface area contributed by atoms with Crippen molar-refractivity contribution in [2.75, 3.05) is 11.9 Å². The molecular weight excluding hydrogens is 184 g/mol. The summed E-state index contributed by atoms with van der Waals surface area (Å²) >= 11 is 5.98. The molecule has 0 saturated heterocycles. The number of hydrogen-bond donors (Lipinski definition) is 2. The van der Waals surface area contributed by atoms with Crippen LogP contribution in [0.15, 0.2) is 24.3 Å². The summed E-state index contributed by atoms with van der Waals surface area (Å²) < 4.78 is 0. The van der Waals surface area contributed by atoms with Gasteiger partial charge in [0.2, 0.25) is 0 Å². The highest BCUT2D eigenvalue weighted by Gasteiger charge is 2.04. The van der Waals surface area contributed by atoms with Crippen molar-refractivity contribution in [1.82, 2.24) is 0 Å². The summed E-state index contributed by atoms with van der Waals surface area (Å²) in [5.41, 5.74) is 6.54. The molecule has 0 aromatic heterocycles. The van der Waals surface area contributed by atoms with Crippen LogP contribution >= 0.6 is 11.6 Å². The fraction of sp³-hybridized carbons (Fsp3) is 0.400. The molecule has 0 fully saturated rings. The molecule has 1 aromatic carbocycles. The van der Waals surface area contributed by atoms with Crippen LogP contribution in [0.2, 0.25) is 5.02 Å². The summed E-state index contributed by atoms with van der Waals surface area (Å²) in [6.45, 7) is 2.73. The molecular formula is C10H15ClN2. The van der Waals surface area contributed by atoms with Gasteiger partial charge in [-0.15, -0.1) is 0 Å². The highest BCUT2D eigenvalue weighted by Crippen LogP contribution is 2.21. The van der Waals surface area contributed by atoms with Crippen molar-refractivity contribution in [3.8, 4) is 0 Å². The molecule has 0 aliphatic carbocycles. The van der Waals surface area contributed by atoms with Crippen LogP contribution in [0.25, 0.3) is 0 Å². The minimum atomic E-state index is 0.305. The zero-order valence-electron chi connectivity index (χ0n) is 7.76. The van der Waals surface area contributed by atoms with Crippen LogP contribution in [0.5, 0.6) is 0 Å². The Kier molecular flexibility index (Phi) is 4.06. The number of anilines is 1. The largest absolute Gasteiger partial charge is 0.380 e. The SMILES string of the molecule is CCC(CN)Nc1ccccc1Cl. The van der Waals surface area contributed by atoms with Crippen molar-refractivity contribution in [2.24, 2.45) is 5.73 Å². The predicted molar refractivity (Wildman–Crippen MR) is 58.2 cm³/mol. The average molecular weight is 199 g/mol. The monoisotopic (exact) mass is 198 g/mol. The van der Waals surface area contributed by atoms with E-state index in [0.717, 1.165) is 17.1 Å². The molecule has 0 bridgehead atoms. The maximum atomic E-state index is 5.98. The second-order valence-corrected chi connectivity index (χ2v) is 3.37. The van der Waals surface area contributed by atoms with Gasteiger partial charge in [-0.1, -0.05) is 30.7 Å². The van der Waals surface area contributed by atoms with Gasteiger partial charge < -0.3 is 11.1 Å². The van der Waals surface area contributed by atoms with E-state index in [-0.39, 0.29) is 0 Å². The number of rotatable bonds is 4. The lowest BCUT2D eigenvalue weighted by molar-refractivity contribution is 0.704. The van der Waals surface area contributed by atoms with Crippen LogP contribution in [0.4, 0.5) is 5.69 Å². The van der Waals surface area contributed by atoms with Crippen molar-refractivity contribution < 1.29 is 0 Å². The van der Waals surface area contributed by atoms with Crippen molar-refractivity contribution in [3.05, 3.63) is 29.3 Å². The van der Waals surface area contributed by atoms with E-state index in [1.54, 1.807) is 0 Å². The van der Waals surface area contributed by atoms with E-state index in [1.165, 1.54) is 0 Å². The number of benzene rings is 1. The van der Waals surface area contributed by atoms with E-state index >= 15 is 0 Å². The van der Waals surface area contributed by atoms with Crippen LogP contribution < -0.4 is 11.1 Å². The number of para-hydroxylation sites is 1. The fourth-order valence-corrected chi connectivity index (χ4v) is 1.32. The zero-order valence-corrected chi connectivity index (χ0v) is 8.51. The Morgan fingerprint density at radius 1 is 1.46 bits per heavy atom. The van der Waals surface area contributed by atoms with Crippen molar-refractivity contribution in [3.63, 3.8) is 0 Å². The lowest BCUT2D eigenvalue weighted by Crippen LogP contribution is -2.27. The van der Waals surface area contributed by atoms with Gasteiger partial charge in [-0.25, -0.2) is 0 Å². The molecule has 1 unspecified atom stereocenters.